The minimum Gasteiger partial charge on any atom is -0.467 e. The van der Waals surface area contributed by atoms with Gasteiger partial charge in [0.1, 0.15) is 0 Å². The van der Waals surface area contributed by atoms with E-state index in [1.807, 2.05) is 13.0 Å². The quantitative estimate of drug-likeness (QED) is 0.614. The van der Waals surface area contributed by atoms with Gasteiger partial charge in [0.05, 0.1) is 7.11 Å². The summed E-state index contributed by atoms with van der Waals surface area (Å²) in [4.78, 5) is 10.9. The molecule has 0 bridgehead atoms. The first-order chi connectivity index (χ1) is 6.16. The third-order valence-electron chi connectivity index (χ3n) is 2.18. The molecule has 0 aromatic rings. The van der Waals surface area contributed by atoms with Crippen molar-refractivity contribution in [2.45, 2.75) is 19.5 Å². The van der Waals surface area contributed by atoms with Crippen LogP contribution in [0.5, 0.6) is 0 Å². The lowest BCUT2D eigenvalue weighted by atomic mass is 9.90. The second-order valence-electron chi connectivity index (χ2n) is 3.12. The van der Waals surface area contributed by atoms with E-state index in [0.717, 1.165) is 6.42 Å². The number of halogens is 1. The summed E-state index contributed by atoms with van der Waals surface area (Å²) in [7, 11) is 1.19. The minimum absolute atomic E-state index is 0.0825. The number of carbonyl (C=O) groups excluding carboxylic acids is 1. The molecule has 1 aliphatic carbocycles. The Morgan fingerprint density at radius 2 is 2.46 bits per heavy atom. The zero-order chi connectivity index (χ0) is 9.84. The molecule has 2 atom stereocenters. The molecular weight excluding hydrogens is 171 g/mol. The molecule has 13 heavy (non-hydrogen) atoms. The molecule has 0 saturated heterocycles. The van der Waals surface area contributed by atoms with Crippen LogP contribution in [0.15, 0.2) is 23.8 Å². The average Bonchev–Trinajstić information content (AvgIpc) is 2.16. The van der Waals surface area contributed by atoms with Crippen LogP contribution in [0.25, 0.3) is 0 Å². The largest absolute Gasteiger partial charge is 0.467 e. The van der Waals surface area contributed by atoms with E-state index in [4.69, 9.17) is 0 Å². The molecule has 0 fully saturated rings. The van der Waals surface area contributed by atoms with Crippen LogP contribution in [0.4, 0.5) is 4.39 Å². The number of alkyl halides is 1. The summed E-state index contributed by atoms with van der Waals surface area (Å²) in [5, 5.41) is 0. The predicted octanol–water partition coefficient (Wildman–Crippen LogP) is 2.02. The van der Waals surface area contributed by atoms with Crippen molar-refractivity contribution < 1.29 is 13.9 Å². The van der Waals surface area contributed by atoms with Gasteiger partial charge in [0, 0.05) is 0 Å². The highest BCUT2D eigenvalue weighted by molar-refractivity contribution is 5.78. The monoisotopic (exact) mass is 184 g/mol. The lowest BCUT2D eigenvalue weighted by Crippen LogP contribution is -2.23. The van der Waals surface area contributed by atoms with Crippen molar-refractivity contribution in [2.24, 2.45) is 5.92 Å². The Labute approximate surface area is 77.1 Å². The van der Waals surface area contributed by atoms with Crippen LogP contribution in [0.2, 0.25) is 0 Å². The number of ether oxygens (including phenoxy) is 1. The standard InChI is InChI=1S/C10H13FO2/c1-7-5-3-4-6-8(7)9(11)10(12)13-2/h3-4,6-7,9H,5H2,1-2H3. The normalized spacial score (nSPS) is 23.6. The van der Waals surface area contributed by atoms with E-state index in [2.05, 4.69) is 4.74 Å². The van der Waals surface area contributed by atoms with Crippen molar-refractivity contribution in [3.63, 3.8) is 0 Å². The topological polar surface area (TPSA) is 26.3 Å². The fourth-order valence-electron chi connectivity index (χ4n) is 1.34. The number of esters is 1. The lowest BCUT2D eigenvalue weighted by Gasteiger charge is -2.18. The number of allylic oxidation sites excluding steroid dienone is 3. The highest BCUT2D eigenvalue weighted by Gasteiger charge is 2.26. The number of hydrogen-bond donors (Lipinski definition) is 0. The summed E-state index contributed by atoms with van der Waals surface area (Å²) in [6, 6.07) is 0. The van der Waals surface area contributed by atoms with Crippen molar-refractivity contribution >= 4 is 5.97 Å². The van der Waals surface area contributed by atoms with Crippen molar-refractivity contribution in [3.05, 3.63) is 23.8 Å². The van der Waals surface area contributed by atoms with Crippen LogP contribution < -0.4 is 0 Å². The fourth-order valence-corrected chi connectivity index (χ4v) is 1.34. The molecule has 0 aliphatic heterocycles. The molecule has 0 heterocycles. The zero-order valence-electron chi connectivity index (χ0n) is 7.79. The molecule has 0 radical (unpaired) electrons. The molecule has 1 aliphatic rings. The van der Waals surface area contributed by atoms with E-state index in [9.17, 15) is 9.18 Å². The van der Waals surface area contributed by atoms with Gasteiger partial charge in [0.15, 0.2) is 0 Å². The van der Waals surface area contributed by atoms with E-state index < -0.39 is 12.1 Å². The molecule has 2 nitrogen and oxygen atoms in total. The number of hydrogen-bond acceptors (Lipinski definition) is 2. The van der Waals surface area contributed by atoms with E-state index >= 15 is 0 Å². The maximum atomic E-state index is 13.4. The van der Waals surface area contributed by atoms with E-state index in [-0.39, 0.29) is 5.92 Å². The van der Waals surface area contributed by atoms with E-state index in [0.29, 0.717) is 5.57 Å². The van der Waals surface area contributed by atoms with Gasteiger partial charge in [-0.05, 0) is 17.9 Å². The van der Waals surface area contributed by atoms with Crippen molar-refractivity contribution in [2.75, 3.05) is 7.11 Å². The second kappa shape index (κ2) is 4.21. The van der Waals surface area contributed by atoms with Crippen molar-refractivity contribution in [3.8, 4) is 0 Å². The van der Waals surface area contributed by atoms with Gasteiger partial charge < -0.3 is 4.74 Å². The maximum absolute atomic E-state index is 13.4. The van der Waals surface area contributed by atoms with Gasteiger partial charge in [-0.3, -0.25) is 0 Å². The minimum atomic E-state index is -1.61. The third-order valence-corrected chi connectivity index (χ3v) is 2.18. The van der Waals surface area contributed by atoms with Gasteiger partial charge in [0.25, 0.3) is 0 Å². The number of methoxy groups -OCH3 is 1. The number of rotatable bonds is 2. The summed E-state index contributed by atoms with van der Waals surface area (Å²) in [5.74, 6) is -0.729. The first-order valence-electron chi connectivity index (χ1n) is 4.25. The molecule has 3 heteroatoms. The highest BCUT2D eigenvalue weighted by Crippen LogP contribution is 2.25. The van der Waals surface area contributed by atoms with Crippen molar-refractivity contribution in [1.82, 2.24) is 0 Å². The molecule has 0 aromatic carbocycles. The van der Waals surface area contributed by atoms with Crippen LogP contribution in [-0.2, 0) is 9.53 Å². The molecule has 0 aromatic heterocycles. The second-order valence-corrected chi connectivity index (χ2v) is 3.12. The molecular formula is C10H13FO2. The van der Waals surface area contributed by atoms with Gasteiger partial charge in [-0.2, -0.15) is 0 Å². The zero-order valence-corrected chi connectivity index (χ0v) is 7.79. The van der Waals surface area contributed by atoms with Crippen molar-refractivity contribution in [1.29, 1.82) is 0 Å². The molecule has 1 rings (SSSR count). The SMILES string of the molecule is COC(=O)C(F)C1=CC=CCC1C. The summed E-state index contributed by atoms with van der Waals surface area (Å²) >= 11 is 0. The van der Waals surface area contributed by atoms with Gasteiger partial charge in [-0.15, -0.1) is 0 Å². The Bertz CT molecular complexity index is 256. The van der Waals surface area contributed by atoms with E-state index in [1.165, 1.54) is 7.11 Å². The molecule has 2 unspecified atom stereocenters. The van der Waals surface area contributed by atoms with Gasteiger partial charge >= 0.3 is 5.97 Å². The summed E-state index contributed by atoms with van der Waals surface area (Å²) in [6.45, 7) is 1.89. The van der Waals surface area contributed by atoms with Crippen LogP contribution >= 0.6 is 0 Å². The Morgan fingerprint density at radius 1 is 1.77 bits per heavy atom. The Kier molecular flexibility index (Phi) is 3.23. The maximum Gasteiger partial charge on any atom is 0.344 e. The van der Waals surface area contributed by atoms with Crippen LogP contribution in [0.3, 0.4) is 0 Å². The molecule has 72 valence electrons. The third kappa shape index (κ3) is 2.17. The molecule has 0 N–H and O–H groups in total. The summed E-state index contributed by atoms with van der Waals surface area (Å²) in [6.07, 6.45) is 4.55. The molecule has 0 saturated carbocycles. The highest BCUT2D eigenvalue weighted by atomic mass is 19.1. The Hall–Kier alpha value is -1.12. The summed E-state index contributed by atoms with van der Waals surface area (Å²) in [5.41, 5.74) is 0.509. The Balaban J connectivity index is 2.75. The first-order valence-corrected chi connectivity index (χ1v) is 4.25. The summed E-state index contributed by atoms with van der Waals surface area (Å²) < 4.78 is 17.7. The smallest absolute Gasteiger partial charge is 0.344 e. The predicted molar refractivity (Wildman–Crippen MR) is 47.9 cm³/mol. The van der Waals surface area contributed by atoms with Crippen LogP contribution in [0.1, 0.15) is 13.3 Å². The Morgan fingerprint density at radius 3 is 3.00 bits per heavy atom. The van der Waals surface area contributed by atoms with Gasteiger partial charge in [0.2, 0.25) is 6.17 Å². The lowest BCUT2D eigenvalue weighted by molar-refractivity contribution is -0.145. The van der Waals surface area contributed by atoms with E-state index in [1.54, 1.807) is 12.2 Å². The van der Waals surface area contributed by atoms with Crippen LogP contribution in [0, 0.1) is 5.92 Å². The number of carbonyl (C=O) groups is 1. The van der Waals surface area contributed by atoms with Gasteiger partial charge in [-0.25, -0.2) is 9.18 Å². The first kappa shape index (κ1) is 9.96. The average molecular weight is 184 g/mol. The van der Waals surface area contributed by atoms with Gasteiger partial charge in [-0.1, -0.05) is 25.2 Å². The van der Waals surface area contributed by atoms with Crippen LogP contribution in [-0.4, -0.2) is 19.3 Å². The molecule has 0 amide bonds. The molecule has 0 spiro atoms. The fraction of sp³-hybridized carbons (Fsp3) is 0.500.